The molecule has 1 amide bonds. The number of hydrogen-bond donors (Lipinski definition) is 2. The van der Waals surface area contributed by atoms with Gasteiger partial charge >= 0.3 is 5.97 Å². The van der Waals surface area contributed by atoms with E-state index in [9.17, 15) is 9.59 Å². The lowest BCUT2D eigenvalue weighted by molar-refractivity contribution is -0.145. The van der Waals surface area contributed by atoms with Crippen LogP contribution in [0.2, 0.25) is 0 Å². The van der Waals surface area contributed by atoms with Crippen LogP contribution in [0.5, 0.6) is 0 Å². The van der Waals surface area contributed by atoms with Gasteiger partial charge in [0.15, 0.2) is 6.04 Å². The second-order valence-corrected chi connectivity index (χ2v) is 4.52. The Morgan fingerprint density at radius 1 is 1.37 bits per heavy atom. The van der Waals surface area contributed by atoms with Crippen LogP contribution in [-0.4, -0.2) is 31.6 Å². The van der Waals surface area contributed by atoms with Crippen molar-refractivity contribution >= 4 is 11.9 Å². The van der Waals surface area contributed by atoms with Crippen LogP contribution in [-0.2, 0) is 14.3 Å². The molecule has 0 radical (unpaired) electrons. The molecular weight excluding hydrogens is 244 g/mol. The summed E-state index contributed by atoms with van der Waals surface area (Å²) in [5.41, 5.74) is 0.723. The van der Waals surface area contributed by atoms with E-state index >= 15 is 0 Å². The molecule has 1 fully saturated rings. The minimum absolute atomic E-state index is 0.156. The van der Waals surface area contributed by atoms with Crippen LogP contribution in [0.3, 0.4) is 0 Å². The SMILES string of the molecule is COC(=O)C(NC(=O)C1CCCN1)c1ccccc1. The number of amides is 1. The molecule has 2 rings (SSSR count). The summed E-state index contributed by atoms with van der Waals surface area (Å²) in [5, 5.41) is 5.86. The lowest BCUT2D eigenvalue weighted by Gasteiger charge is -2.19. The van der Waals surface area contributed by atoms with Crippen LogP contribution in [0.15, 0.2) is 30.3 Å². The highest BCUT2D eigenvalue weighted by Gasteiger charge is 2.28. The number of benzene rings is 1. The zero-order valence-electron chi connectivity index (χ0n) is 10.9. The molecule has 0 spiro atoms. The van der Waals surface area contributed by atoms with E-state index in [0.29, 0.717) is 0 Å². The van der Waals surface area contributed by atoms with Crippen molar-refractivity contribution in [3.05, 3.63) is 35.9 Å². The summed E-state index contributed by atoms with van der Waals surface area (Å²) >= 11 is 0. The fourth-order valence-electron chi connectivity index (χ4n) is 2.19. The molecule has 1 saturated heterocycles. The first kappa shape index (κ1) is 13.5. The summed E-state index contributed by atoms with van der Waals surface area (Å²) < 4.78 is 4.76. The number of hydrogen-bond acceptors (Lipinski definition) is 4. The molecule has 1 aliphatic heterocycles. The molecule has 0 bridgehead atoms. The molecule has 5 nitrogen and oxygen atoms in total. The van der Waals surface area contributed by atoms with Crippen LogP contribution in [0.1, 0.15) is 24.4 Å². The van der Waals surface area contributed by atoms with Gasteiger partial charge in [-0.3, -0.25) is 4.79 Å². The molecule has 1 aliphatic rings. The molecule has 2 atom stereocenters. The van der Waals surface area contributed by atoms with Gasteiger partial charge in [-0.25, -0.2) is 4.79 Å². The fraction of sp³-hybridized carbons (Fsp3) is 0.429. The van der Waals surface area contributed by atoms with Gasteiger partial charge in [-0.2, -0.15) is 0 Å². The van der Waals surface area contributed by atoms with Gasteiger partial charge in [0.25, 0.3) is 0 Å². The number of carbonyl (C=O) groups is 2. The Kier molecular flexibility index (Phi) is 4.52. The molecule has 0 aromatic heterocycles. The summed E-state index contributed by atoms with van der Waals surface area (Å²) in [4.78, 5) is 23.9. The van der Waals surface area contributed by atoms with E-state index in [2.05, 4.69) is 10.6 Å². The van der Waals surface area contributed by atoms with Crippen molar-refractivity contribution in [3.63, 3.8) is 0 Å². The Labute approximate surface area is 112 Å². The highest BCUT2D eigenvalue weighted by molar-refractivity contribution is 5.88. The van der Waals surface area contributed by atoms with Crippen LogP contribution < -0.4 is 10.6 Å². The topological polar surface area (TPSA) is 67.4 Å². The van der Waals surface area contributed by atoms with E-state index in [4.69, 9.17) is 4.74 Å². The Morgan fingerprint density at radius 3 is 2.68 bits per heavy atom. The Morgan fingerprint density at radius 2 is 2.11 bits per heavy atom. The number of ether oxygens (including phenoxy) is 1. The highest BCUT2D eigenvalue weighted by Crippen LogP contribution is 2.15. The van der Waals surface area contributed by atoms with E-state index < -0.39 is 12.0 Å². The summed E-state index contributed by atoms with van der Waals surface area (Å²) in [6.45, 7) is 0.840. The molecule has 2 N–H and O–H groups in total. The highest BCUT2D eigenvalue weighted by atomic mass is 16.5. The molecule has 2 unspecified atom stereocenters. The van der Waals surface area contributed by atoms with Gasteiger partial charge in [0.2, 0.25) is 5.91 Å². The van der Waals surface area contributed by atoms with E-state index in [-0.39, 0.29) is 11.9 Å². The Balaban J connectivity index is 2.10. The standard InChI is InChI=1S/C14H18N2O3/c1-19-14(18)12(10-6-3-2-4-7-10)16-13(17)11-8-5-9-15-11/h2-4,6-7,11-12,15H,5,8-9H2,1H3,(H,16,17). The predicted octanol–water partition coefficient (Wildman–Crippen LogP) is 0.769. The number of rotatable bonds is 4. The number of nitrogens with one attached hydrogen (secondary N) is 2. The van der Waals surface area contributed by atoms with Gasteiger partial charge in [0.05, 0.1) is 13.2 Å². The van der Waals surface area contributed by atoms with Crippen molar-refractivity contribution in [3.8, 4) is 0 Å². The van der Waals surface area contributed by atoms with Crippen molar-refractivity contribution in [1.82, 2.24) is 10.6 Å². The first-order chi connectivity index (χ1) is 9.22. The summed E-state index contributed by atoms with van der Waals surface area (Å²) in [5.74, 6) is -0.616. The molecule has 1 aromatic rings. The van der Waals surface area contributed by atoms with E-state index in [1.54, 1.807) is 12.1 Å². The Bertz CT molecular complexity index is 441. The third kappa shape index (κ3) is 3.32. The normalized spacial score (nSPS) is 19.7. The zero-order chi connectivity index (χ0) is 13.7. The number of methoxy groups -OCH3 is 1. The van der Waals surface area contributed by atoms with Gasteiger partial charge < -0.3 is 15.4 Å². The van der Waals surface area contributed by atoms with Gasteiger partial charge in [-0.05, 0) is 24.9 Å². The van der Waals surface area contributed by atoms with Crippen LogP contribution in [0.25, 0.3) is 0 Å². The van der Waals surface area contributed by atoms with Crippen molar-refractivity contribution in [1.29, 1.82) is 0 Å². The van der Waals surface area contributed by atoms with Gasteiger partial charge in [0.1, 0.15) is 0 Å². The van der Waals surface area contributed by atoms with Crippen LogP contribution >= 0.6 is 0 Å². The van der Waals surface area contributed by atoms with Crippen molar-refractivity contribution in [2.75, 3.05) is 13.7 Å². The lowest BCUT2D eigenvalue weighted by atomic mass is 10.1. The quantitative estimate of drug-likeness (QED) is 0.786. The molecule has 5 heteroatoms. The third-order valence-electron chi connectivity index (χ3n) is 3.23. The molecule has 0 aliphatic carbocycles. The van der Waals surface area contributed by atoms with Gasteiger partial charge in [-0.1, -0.05) is 30.3 Å². The maximum Gasteiger partial charge on any atom is 0.333 e. The first-order valence-corrected chi connectivity index (χ1v) is 6.39. The summed E-state index contributed by atoms with van der Waals surface area (Å²) in [6.07, 6.45) is 1.78. The molecular formula is C14H18N2O3. The van der Waals surface area contributed by atoms with Gasteiger partial charge in [-0.15, -0.1) is 0 Å². The Hall–Kier alpha value is -1.88. The van der Waals surface area contributed by atoms with Crippen LogP contribution in [0.4, 0.5) is 0 Å². The van der Waals surface area contributed by atoms with Crippen molar-refractivity contribution < 1.29 is 14.3 Å². The minimum atomic E-state index is -0.749. The average molecular weight is 262 g/mol. The van der Waals surface area contributed by atoms with E-state index in [1.165, 1.54) is 7.11 Å². The molecule has 102 valence electrons. The summed E-state index contributed by atoms with van der Waals surface area (Å²) in [7, 11) is 1.32. The van der Waals surface area contributed by atoms with E-state index in [1.807, 2.05) is 18.2 Å². The number of carbonyl (C=O) groups excluding carboxylic acids is 2. The minimum Gasteiger partial charge on any atom is -0.467 e. The largest absolute Gasteiger partial charge is 0.467 e. The summed E-state index contributed by atoms with van der Waals surface area (Å²) in [6, 6.07) is 8.14. The van der Waals surface area contributed by atoms with Crippen molar-refractivity contribution in [2.24, 2.45) is 0 Å². The molecule has 19 heavy (non-hydrogen) atoms. The monoisotopic (exact) mass is 262 g/mol. The zero-order valence-corrected chi connectivity index (χ0v) is 10.9. The maximum absolute atomic E-state index is 12.1. The first-order valence-electron chi connectivity index (χ1n) is 6.39. The average Bonchev–Trinajstić information content (AvgIpc) is 2.99. The third-order valence-corrected chi connectivity index (χ3v) is 3.23. The van der Waals surface area contributed by atoms with Crippen molar-refractivity contribution in [2.45, 2.75) is 24.9 Å². The molecule has 0 saturated carbocycles. The lowest BCUT2D eigenvalue weighted by Crippen LogP contribution is -2.44. The number of esters is 1. The smallest absolute Gasteiger partial charge is 0.333 e. The molecule has 1 aromatic carbocycles. The van der Waals surface area contributed by atoms with E-state index in [0.717, 1.165) is 24.9 Å². The van der Waals surface area contributed by atoms with Gasteiger partial charge in [0, 0.05) is 0 Å². The fourth-order valence-corrected chi connectivity index (χ4v) is 2.19. The molecule has 1 heterocycles. The second kappa shape index (κ2) is 6.33. The predicted molar refractivity (Wildman–Crippen MR) is 70.4 cm³/mol. The second-order valence-electron chi connectivity index (χ2n) is 4.52. The maximum atomic E-state index is 12.1. The van der Waals surface area contributed by atoms with Crippen LogP contribution in [0, 0.1) is 0 Å².